The van der Waals surface area contributed by atoms with Crippen molar-refractivity contribution in [3.05, 3.63) is 34.8 Å². The molecule has 3 heterocycles. The molecule has 2 aromatic rings. The van der Waals surface area contributed by atoms with Crippen molar-refractivity contribution in [2.24, 2.45) is 5.92 Å². The number of aliphatic hydroxyl groups is 2. The first-order valence-electron chi connectivity index (χ1n) is 12.8. The van der Waals surface area contributed by atoms with Gasteiger partial charge in [-0.15, -0.1) is 0 Å². The third kappa shape index (κ3) is 6.28. The fourth-order valence-corrected chi connectivity index (χ4v) is 5.59. The van der Waals surface area contributed by atoms with Crippen molar-refractivity contribution < 1.29 is 41.7 Å². The van der Waals surface area contributed by atoms with Gasteiger partial charge in [-0.05, 0) is 76.5 Å². The van der Waals surface area contributed by atoms with Gasteiger partial charge in [-0.3, -0.25) is 4.79 Å². The molecule has 1 aliphatic heterocycles. The molecule has 212 valence electrons. The Labute approximate surface area is 217 Å². The predicted octanol–water partition coefficient (Wildman–Crippen LogP) is 4.50. The maximum atomic E-state index is 13.9. The summed E-state index contributed by atoms with van der Waals surface area (Å²) < 4.78 is 75.8. The van der Waals surface area contributed by atoms with E-state index < -0.39 is 41.5 Å². The van der Waals surface area contributed by atoms with E-state index >= 15 is 0 Å². The molecule has 2 fully saturated rings. The Morgan fingerprint density at radius 1 is 1.21 bits per heavy atom. The van der Waals surface area contributed by atoms with Crippen LogP contribution < -0.4 is 5.32 Å². The summed E-state index contributed by atoms with van der Waals surface area (Å²) in [6.07, 6.45) is -7.86. The highest BCUT2D eigenvalue weighted by Gasteiger charge is 2.41. The van der Waals surface area contributed by atoms with Gasteiger partial charge in [0, 0.05) is 31.2 Å². The number of aromatic nitrogens is 2. The number of fused-ring (bicyclic) bond motifs is 1. The average Bonchev–Trinajstić information content (AvgIpc) is 3.18. The molecular formula is C26H34F5N3O4. The number of hydrogen-bond acceptors (Lipinski definition) is 5. The average molecular weight is 548 g/mol. The van der Waals surface area contributed by atoms with Crippen LogP contribution in [-0.2, 0) is 22.1 Å². The minimum Gasteiger partial charge on any atom is -0.385 e. The van der Waals surface area contributed by atoms with Gasteiger partial charge < -0.3 is 24.7 Å². The molecule has 3 atom stereocenters. The van der Waals surface area contributed by atoms with Crippen molar-refractivity contribution in [1.29, 1.82) is 0 Å². The van der Waals surface area contributed by atoms with Gasteiger partial charge in [0.15, 0.2) is 11.8 Å². The Bertz CT molecular complexity index is 1170. The summed E-state index contributed by atoms with van der Waals surface area (Å²) in [6.45, 7) is 5.72. The number of hydrogen-bond donors (Lipinski definition) is 3. The van der Waals surface area contributed by atoms with E-state index in [1.165, 1.54) is 23.5 Å². The van der Waals surface area contributed by atoms with Crippen LogP contribution in [0.15, 0.2) is 12.1 Å². The highest BCUT2D eigenvalue weighted by molar-refractivity contribution is 5.81. The van der Waals surface area contributed by atoms with E-state index in [-0.39, 0.29) is 61.0 Å². The van der Waals surface area contributed by atoms with Crippen LogP contribution in [0, 0.1) is 12.8 Å². The third-order valence-electron chi connectivity index (χ3n) is 7.56. The summed E-state index contributed by atoms with van der Waals surface area (Å²) in [5.41, 5.74) is -1.45. The van der Waals surface area contributed by atoms with Crippen molar-refractivity contribution in [3.63, 3.8) is 0 Å². The van der Waals surface area contributed by atoms with Crippen molar-refractivity contribution in [1.82, 2.24) is 14.7 Å². The fraction of sp³-hybridized carbons (Fsp3) is 0.692. The van der Waals surface area contributed by atoms with Gasteiger partial charge in [0.05, 0.1) is 11.3 Å². The third-order valence-corrected chi connectivity index (χ3v) is 7.56. The van der Waals surface area contributed by atoms with Crippen LogP contribution in [0.25, 0.3) is 5.65 Å². The summed E-state index contributed by atoms with van der Waals surface area (Å²) >= 11 is 0. The molecule has 38 heavy (non-hydrogen) atoms. The number of carbonyl (C=O) groups is 1. The first kappa shape index (κ1) is 28.7. The number of pyridine rings is 1. The summed E-state index contributed by atoms with van der Waals surface area (Å²) in [7, 11) is 0. The van der Waals surface area contributed by atoms with Gasteiger partial charge in [-0.2, -0.15) is 13.2 Å². The van der Waals surface area contributed by atoms with Gasteiger partial charge in [-0.1, -0.05) is 0 Å². The normalized spacial score (nSPS) is 23.8. The molecule has 12 heteroatoms. The zero-order chi connectivity index (χ0) is 28.0. The first-order chi connectivity index (χ1) is 17.6. The van der Waals surface area contributed by atoms with Crippen molar-refractivity contribution in [2.45, 2.75) is 102 Å². The molecule has 2 aromatic heterocycles. The van der Waals surface area contributed by atoms with E-state index in [1.807, 2.05) is 13.8 Å². The molecular weight excluding hydrogens is 513 g/mol. The summed E-state index contributed by atoms with van der Waals surface area (Å²) in [5, 5.41) is 24.0. The number of alkyl halides is 5. The number of amides is 1. The molecule has 1 amide bonds. The molecule has 3 unspecified atom stereocenters. The topological polar surface area (TPSA) is 96.1 Å². The molecule has 4 rings (SSSR count). The first-order valence-corrected chi connectivity index (χ1v) is 12.8. The van der Waals surface area contributed by atoms with Crippen molar-refractivity contribution in [3.8, 4) is 0 Å². The van der Waals surface area contributed by atoms with Gasteiger partial charge in [0.1, 0.15) is 11.8 Å². The number of nitrogens with zero attached hydrogens (tertiary/aromatic N) is 2. The molecule has 2 aliphatic rings. The molecule has 0 bridgehead atoms. The minimum atomic E-state index is -4.78. The number of imidazole rings is 1. The van der Waals surface area contributed by atoms with Gasteiger partial charge in [-0.25, -0.2) is 13.8 Å². The van der Waals surface area contributed by atoms with Crippen LogP contribution in [-0.4, -0.2) is 55.8 Å². The summed E-state index contributed by atoms with van der Waals surface area (Å²) in [5.74, 6) is -3.94. The fourth-order valence-electron chi connectivity index (χ4n) is 5.59. The second-order valence-electron chi connectivity index (χ2n) is 11.2. The zero-order valence-electron chi connectivity index (χ0n) is 21.6. The van der Waals surface area contributed by atoms with E-state index in [0.29, 0.717) is 25.1 Å². The highest BCUT2D eigenvalue weighted by Crippen LogP contribution is 2.40. The summed E-state index contributed by atoms with van der Waals surface area (Å²) in [4.78, 5) is 16.4. The lowest BCUT2D eigenvalue weighted by Gasteiger charge is -2.36. The Morgan fingerprint density at radius 2 is 1.87 bits per heavy atom. The number of halogens is 5. The molecule has 1 aliphatic carbocycles. The Kier molecular flexibility index (Phi) is 7.81. The maximum Gasteiger partial charge on any atom is 0.435 e. The maximum absolute atomic E-state index is 13.9. The van der Waals surface area contributed by atoms with Crippen LogP contribution in [0.3, 0.4) is 0 Å². The van der Waals surface area contributed by atoms with Crippen molar-refractivity contribution >= 4 is 11.6 Å². The standard InChI is InChI=1S/C26H34F5N3O4/c1-14-10-16(20(35)21(36)23(37)32-17-6-9-38-24(2,3)13-17)12-19-33-22(26(29,30)31)18(34(14)19)11-15-4-7-25(27,28)8-5-15/h10,12,15,17,20-21,35-36H,4-9,11,13H2,1-3H3,(H,32,37). The lowest BCUT2D eigenvalue weighted by molar-refractivity contribution is -0.141. The number of nitrogens with one attached hydrogen (secondary N) is 1. The molecule has 1 saturated carbocycles. The summed E-state index contributed by atoms with van der Waals surface area (Å²) in [6, 6.07) is 2.34. The molecule has 7 nitrogen and oxygen atoms in total. The molecule has 0 spiro atoms. The van der Waals surface area contributed by atoms with E-state index in [0.717, 1.165) is 0 Å². The lowest BCUT2D eigenvalue weighted by atomic mass is 9.83. The monoisotopic (exact) mass is 547 g/mol. The number of carbonyl (C=O) groups excluding carboxylic acids is 1. The number of aliphatic hydroxyl groups excluding tert-OH is 2. The van der Waals surface area contributed by atoms with E-state index in [1.54, 1.807) is 0 Å². The van der Waals surface area contributed by atoms with E-state index in [9.17, 15) is 37.0 Å². The molecule has 0 radical (unpaired) electrons. The largest absolute Gasteiger partial charge is 0.435 e. The SMILES string of the molecule is Cc1cc(C(O)C(O)C(=O)NC2CCOC(C)(C)C2)cc2nc(C(F)(F)F)c(CC3CCC(F)(F)CC3)n12. The van der Waals surface area contributed by atoms with Crippen LogP contribution >= 0.6 is 0 Å². The van der Waals surface area contributed by atoms with E-state index in [4.69, 9.17) is 4.74 Å². The Morgan fingerprint density at radius 3 is 2.47 bits per heavy atom. The van der Waals surface area contributed by atoms with E-state index in [2.05, 4.69) is 10.3 Å². The van der Waals surface area contributed by atoms with Crippen LogP contribution in [0.1, 0.15) is 81.1 Å². The number of rotatable bonds is 6. The minimum absolute atomic E-state index is 0.0348. The second-order valence-corrected chi connectivity index (χ2v) is 11.2. The van der Waals surface area contributed by atoms with Gasteiger partial charge in [0.2, 0.25) is 5.92 Å². The van der Waals surface area contributed by atoms with Crippen LogP contribution in [0.4, 0.5) is 22.0 Å². The Hall–Kier alpha value is -2.31. The van der Waals surface area contributed by atoms with Gasteiger partial charge >= 0.3 is 6.18 Å². The number of ether oxygens (including phenoxy) is 1. The smallest absolute Gasteiger partial charge is 0.385 e. The Balaban J connectivity index is 1.58. The lowest BCUT2D eigenvalue weighted by Crippen LogP contribution is -2.49. The quantitative estimate of drug-likeness (QED) is 0.463. The molecule has 0 aromatic carbocycles. The highest BCUT2D eigenvalue weighted by atomic mass is 19.4. The molecule has 3 N–H and O–H groups in total. The van der Waals surface area contributed by atoms with Crippen LogP contribution in [0.2, 0.25) is 0 Å². The predicted molar refractivity (Wildman–Crippen MR) is 128 cm³/mol. The number of aryl methyl sites for hydroxylation is 1. The molecule has 1 saturated heterocycles. The van der Waals surface area contributed by atoms with Crippen molar-refractivity contribution in [2.75, 3.05) is 6.61 Å². The zero-order valence-corrected chi connectivity index (χ0v) is 21.6. The van der Waals surface area contributed by atoms with Crippen LogP contribution in [0.5, 0.6) is 0 Å². The second kappa shape index (κ2) is 10.3. The van der Waals surface area contributed by atoms with Gasteiger partial charge in [0.25, 0.3) is 5.91 Å².